The Morgan fingerprint density at radius 3 is 2.68 bits per heavy atom. The molecule has 0 atom stereocenters. The van der Waals surface area contributed by atoms with Crippen LogP contribution in [0.25, 0.3) is 0 Å². The lowest BCUT2D eigenvalue weighted by Crippen LogP contribution is -2.40. The molecule has 1 aromatic carbocycles. The number of hydrogen-bond acceptors (Lipinski definition) is 5. The largest absolute Gasteiger partial charge is 0.493 e. The summed E-state index contributed by atoms with van der Waals surface area (Å²) in [6.45, 7) is 4.76. The minimum Gasteiger partial charge on any atom is -0.493 e. The lowest BCUT2D eigenvalue weighted by molar-refractivity contribution is 0.326. The first kappa shape index (κ1) is 21.3. The highest BCUT2D eigenvalue weighted by molar-refractivity contribution is 5.79. The molecule has 0 aliphatic heterocycles. The standard InChI is InChI=1S/C21H30N4O3/c1-5-23-21(24-12-14-28-18-7-6-11-22-16-18)25(2)13-10-17-8-9-19(26-3)20(15-17)27-4/h6-9,11,15-16H,5,10,12-14H2,1-4H3,(H,23,24). The third kappa shape index (κ3) is 6.64. The summed E-state index contributed by atoms with van der Waals surface area (Å²) in [6.07, 6.45) is 4.29. The molecule has 1 N–H and O–H groups in total. The second kappa shape index (κ2) is 11.7. The molecule has 0 bridgehead atoms. The first-order valence-corrected chi connectivity index (χ1v) is 9.41. The summed E-state index contributed by atoms with van der Waals surface area (Å²) in [5.41, 5.74) is 1.18. The van der Waals surface area contributed by atoms with E-state index in [0.717, 1.165) is 42.7 Å². The maximum absolute atomic E-state index is 5.65. The predicted molar refractivity (Wildman–Crippen MR) is 112 cm³/mol. The van der Waals surface area contributed by atoms with Gasteiger partial charge in [-0.05, 0) is 43.2 Å². The molecule has 1 heterocycles. The first-order chi connectivity index (χ1) is 13.7. The molecule has 7 heteroatoms. The average Bonchev–Trinajstić information content (AvgIpc) is 2.74. The van der Waals surface area contributed by atoms with E-state index in [1.165, 1.54) is 5.56 Å². The molecule has 1 aromatic heterocycles. The van der Waals surface area contributed by atoms with Crippen LogP contribution >= 0.6 is 0 Å². The van der Waals surface area contributed by atoms with Gasteiger partial charge >= 0.3 is 0 Å². The van der Waals surface area contributed by atoms with Gasteiger partial charge in [0.15, 0.2) is 17.5 Å². The van der Waals surface area contributed by atoms with Crippen molar-refractivity contribution in [3.05, 3.63) is 48.3 Å². The van der Waals surface area contributed by atoms with Crippen LogP contribution in [0.15, 0.2) is 47.7 Å². The molecule has 7 nitrogen and oxygen atoms in total. The van der Waals surface area contributed by atoms with E-state index in [2.05, 4.69) is 33.2 Å². The minimum absolute atomic E-state index is 0.504. The Morgan fingerprint density at radius 1 is 1.18 bits per heavy atom. The van der Waals surface area contributed by atoms with Crippen molar-refractivity contribution in [3.63, 3.8) is 0 Å². The molecule has 0 unspecified atom stereocenters. The number of hydrogen-bond donors (Lipinski definition) is 1. The molecule has 0 spiro atoms. The number of aromatic nitrogens is 1. The first-order valence-electron chi connectivity index (χ1n) is 9.41. The number of ether oxygens (including phenoxy) is 3. The summed E-state index contributed by atoms with van der Waals surface area (Å²) < 4.78 is 16.3. The Balaban J connectivity index is 1.88. The fourth-order valence-corrected chi connectivity index (χ4v) is 2.66. The summed E-state index contributed by atoms with van der Waals surface area (Å²) in [4.78, 5) is 10.8. The SMILES string of the molecule is CCNC(=NCCOc1cccnc1)N(C)CCc1ccc(OC)c(OC)c1. The summed E-state index contributed by atoms with van der Waals surface area (Å²) in [5.74, 6) is 3.10. The summed E-state index contributed by atoms with van der Waals surface area (Å²) >= 11 is 0. The van der Waals surface area contributed by atoms with Crippen LogP contribution in [-0.4, -0.2) is 63.4 Å². The molecule has 0 fully saturated rings. The van der Waals surface area contributed by atoms with Gasteiger partial charge in [-0.25, -0.2) is 4.99 Å². The zero-order valence-corrected chi connectivity index (χ0v) is 17.1. The number of guanidine groups is 1. The van der Waals surface area contributed by atoms with Gasteiger partial charge in [-0.3, -0.25) is 4.98 Å². The normalized spacial score (nSPS) is 11.1. The average molecular weight is 386 g/mol. The van der Waals surface area contributed by atoms with Crippen LogP contribution in [0.4, 0.5) is 0 Å². The second-order valence-electron chi connectivity index (χ2n) is 6.13. The van der Waals surface area contributed by atoms with Gasteiger partial charge in [-0.1, -0.05) is 6.07 Å². The van der Waals surface area contributed by atoms with Gasteiger partial charge in [0.25, 0.3) is 0 Å². The minimum atomic E-state index is 0.504. The molecule has 2 aromatic rings. The molecule has 0 saturated heterocycles. The Labute approximate surface area is 167 Å². The zero-order chi connectivity index (χ0) is 20.2. The Kier molecular flexibility index (Phi) is 8.91. The van der Waals surface area contributed by atoms with Crippen molar-refractivity contribution in [1.82, 2.24) is 15.2 Å². The van der Waals surface area contributed by atoms with Crippen LogP contribution in [0.5, 0.6) is 17.2 Å². The van der Waals surface area contributed by atoms with Crippen LogP contribution in [0.2, 0.25) is 0 Å². The van der Waals surface area contributed by atoms with Crippen LogP contribution in [0.1, 0.15) is 12.5 Å². The van der Waals surface area contributed by atoms with Crippen molar-refractivity contribution in [2.45, 2.75) is 13.3 Å². The van der Waals surface area contributed by atoms with Crippen molar-refractivity contribution in [3.8, 4) is 17.2 Å². The van der Waals surface area contributed by atoms with E-state index in [1.54, 1.807) is 26.6 Å². The number of pyridine rings is 1. The van der Waals surface area contributed by atoms with Crippen molar-refractivity contribution < 1.29 is 14.2 Å². The Bertz CT molecular complexity index is 738. The lowest BCUT2D eigenvalue weighted by Gasteiger charge is -2.22. The van der Waals surface area contributed by atoms with E-state index in [-0.39, 0.29) is 0 Å². The van der Waals surface area contributed by atoms with E-state index in [1.807, 2.05) is 31.3 Å². The summed E-state index contributed by atoms with van der Waals surface area (Å²) in [7, 11) is 5.32. The summed E-state index contributed by atoms with van der Waals surface area (Å²) in [6, 6.07) is 9.74. The quantitative estimate of drug-likeness (QED) is 0.385. The lowest BCUT2D eigenvalue weighted by atomic mass is 10.1. The maximum atomic E-state index is 5.65. The molecule has 0 aliphatic rings. The van der Waals surface area contributed by atoms with Gasteiger partial charge in [0.2, 0.25) is 0 Å². The molecular formula is C21H30N4O3. The van der Waals surface area contributed by atoms with Crippen molar-refractivity contribution in [2.75, 3.05) is 47.5 Å². The van der Waals surface area contributed by atoms with Gasteiger partial charge in [0, 0.05) is 26.3 Å². The molecule has 152 valence electrons. The van der Waals surface area contributed by atoms with Crippen LogP contribution < -0.4 is 19.5 Å². The highest BCUT2D eigenvalue weighted by Gasteiger charge is 2.08. The third-order valence-corrected chi connectivity index (χ3v) is 4.14. The smallest absolute Gasteiger partial charge is 0.193 e. The van der Waals surface area contributed by atoms with Crippen LogP contribution in [-0.2, 0) is 6.42 Å². The molecular weight excluding hydrogens is 356 g/mol. The molecule has 2 rings (SSSR count). The molecule has 28 heavy (non-hydrogen) atoms. The van der Waals surface area contributed by atoms with E-state index in [4.69, 9.17) is 14.2 Å². The van der Waals surface area contributed by atoms with Crippen molar-refractivity contribution >= 4 is 5.96 Å². The highest BCUT2D eigenvalue weighted by Crippen LogP contribution is 2.27. The van der Waals surface area contributed by atoms with E-state index in [9.17, 15) is 0 Å². The molecule has 0 amide bonds. The predicted octanol–water partition coefficient (Wildman–Crippen LogP) is 2.62. The number of rotatable bonds is 10. The van der Waals surface area contributed by atoms with E-state index < -0.39 is 0 Å². The van der Waals surface area contributed by atoms with Crippen molar-refractivity contribution in [1.29, 1.82) is 0 Å². The van der Waals surface area contributed by atoms with Crippen LogP contribution in [0, 0.1) is 0 Å². The number of aliphatic imine (C=N–C) groups is 1. The van der Waals surface area contributed by atoms with Gasteiger partial charge in [-0.15, -0.1) is 0 Å². The Morgan fingerprint density at radius 2 is 2.00 bits per heavy atom. The topological polar surface area (TPSA) is 68.2 Å². The molecule has 0 saturated carbocycles. The summed E-state index contributed by atoms with van der Waals surface area (Å²) in [5, 5.41) is 3.32. The number of benzene rings is 1. The monoisotopic (exact) mass is 386 g/mol. The second-order valence-corrected chi connectivity index (χ2v) is 6.13. The van der Waals surface area contributed by atoms with E-state index >= 15 is 0 Å². The Hall–Kier alpha value is -2.96. The molecule has 0 radical (unpaired) electrons. The number of nitrogens with one attached hydrogen (secondary N) is 1. The van der Waals surface area contributed by atoms with Gasteiger partial charge in [0.1, 0.15) is 12.4 Å². The number of likely N-dealkylation sites (N-methyl/N-ethyl adjacent to an activating group) is 1. The van der Waals surface area contributed by atoms with Gasteiger partial charge in [-0.2, -0.15) is 0 Å². The fourth-order valence-electron chi connectivity index (χ4n) is 2.66. The number of nitrogens with zero attached hydrogens (tertiary/aromatic N) is 3. The van der Waals surface area contributed by atoms with Gasteiger partial charge in [0.05, 0.1) is 27.0 Å². The fraction of sp³-hybridized carbons (Fsp3) is 0.429. The van der Waals surface area contributed by atoms with Crippen molar-refractivity contribution in [2.24, 2.45) is 4.99 Å². The van der Waals surface area contributed by atoms with Gasteiger partial charge < -0.3 is 24.4 Å². The van der Waals surface area contributed by atoms with E-state index in [0.29, 0.717) is 13.2 Å². The molecule has 0 aliphatic carbocycles. The third-order valence-electron chi connectivity index (χ3n) is 4.14. The zero-order valence-electron chi connectivity index (χ0n) is 17.1. The maximum Gasteiger partial charge on any atom is 0.193 e. The number of methoxy groups -OCH3 is 2. The highest BCUT2D eigenvalue weighted by atomic mass is 16.5. The van der Waals surface area contributed by atoms with Crippen LogP contribution in [0.3, 0.4) is 0 Å².